The molecule has 4 rings (SSSR count). The van der Waals surface area contributed by atoms with Crippen LogP contribution in [0, 0.1) is 20.2 Å². The summed E-state index contributed by atoms with van der Waals surface area (Å²) in [5.41, 5.74) is 0.804. The van der Waals surface area contributed by atoms with Gasteiger partial charge in [0.1, 0.15) is 15.8 Å². The predicted octanol–water partition coefficient (Wildman–Crippen LogP) is 8.44. The molecular weight excluding hydrogens is 562 g/mol. The summed E-state index contributed by atoms with van der Waals surface area (Å²) in [5, 5.41) is 22.5. The third kappa shape index (κ3) is 5.68. The van der Waals surface area contributed by atoms with Crippen LogP contribution < -0.4 is 9.64 Å². The van der Waals surface area contributed by atoms with E-state index in [0.29, 0.717) is 29.7 Å². The average Bonchev–Trinajstić information content (AvgIpc) is 3.25. The summed E-state index contributed by atoms with van der Waals surface area (Å²) in [6.07, 6.45) is -4.04. The Bertz CT molecular complexity index is 1320. The molecule has 0 saturated carbocycles. The van der Waals surface area contributed by atoms with Crippen LogP contribution in [0.2, 0.25) is 15.1 Å². The molecule has 3 aromatic carbocycles. The van der Waals surface area contributed by atoms with Crippen LogP contribution in [0.5, 0.6) is 5.75 Å². The Morgan fingerprint density at radius 3 is 1.68 bits per heavy atom. The maximum atomic E-state index is 12.7. The molecule has 14 heteroatoms. The molecule has 1 saturated heterocycles. The van der Waals surface area contributed by atoms with Gasteiger partial charge in [0.15, 0.2) is 0 Å². The van der Waals surface area contributed by atoms with Gasteiger partial charge in [-0.3, -0.25) is 20.2 Å². The number of hydrogen-bond donors (Lipinski definition) is 0. The van der Waals surface area contributed by atoms with Gasteiger partial charge in [-0.05, 0) is 54.3 Å². The highest BCUT2D eigenvalue weighted by atomic mass is 35.5. The Morgan fingerprint density at radius 1 is 0.784 bits per heavy atom. The largest absolute Gasteiger partial charge is 0.573 e. The minimum absolute atomic E-state index is 0.0557. The van der Waals surface area contributed by atoms with Crippen molar-refractivity contribution in [3.05, 3.63) is 101 Å². The van der Waals surface area contributed by atoms with Crippen molar-refractivity contribution in [3.8, 4) is 5.75 Å². The van der Waals surface area contributed by atoms with Crippen LogP contribution in [0.3, 0.4) is 0 Å². The lowest BCUT2D eigenvalue weighted by atomic mass is 10.0. The van der Waals surface area contributed by atoms with E-state index in [1.807, 2.05) is 0 Å². The lowest BCUT2D eigenvalue weighted by molar-refractivity contribution is -0.384. The summed E-state index contributed by atoms with van der Waals surface area (Å²) in [5.74, 6) is -0.602. The van der Waals surface area contributed by atoms with Gasteiger partial charge in [-0.1, -0.05) is 46.9 Å². The van der Waals surface area contributed by atoms with Crippen LogP contribution in [0.4, 0.5) is 30.2 Å². The summed E-state index contributed by atoms with van der Waals surface area (Å²) >= 11 is 18.1. The number of halogens is 6. The number of nitro benzene ring substituents is 2. The van der Waals surface area contributed by atoms with Gasteiger partial charge in [-0.25, -0.2) is 0 Å². The number of nitrogens with zero attached hydrogens (tertiary/aromatic N) is 3. The molecule has 0 radical (unpaired) electrons. The van der Waals surface area contributed by atoms with Gasteiger partial charge in [0.25, 0.3) is 11.4 Å². The zero-order valence-electron chi connectivity index (χ0n) is 18.4. The van der Waals surface area contributed by atoms with E-state index in [1.165, 1.54) is 36.4 Å². The fraction of sp³-hybridized carbons (Fsp3) is 0.217. The molecule has 3 aromatic rings. The van der Waals surface area contributed by atoms with Crippen molar-refractivity contribution in [1.29, 1.82) is 0 Å². The molecule has 2 atom stereocenters. The monoisotopic (exact) mass is 575 g/mol. The van der Waals surface area contributed by atoms with Crippen molar-refractivity contribution in [2.45, 2.75) is 31.3 Å². The first-order chi connectivity index (χ1) is 17.4. The van der Waals surface area contributed by atoms with Gasteiger partial charge < -0.3 is 9.64 Å². The van der Waals surface area contributed by atoms with E-state index < -0.39 is 34.0 Å². The van der Waals surface area contributed by atoms with Crippen molar-refractivity contribution in [1.82, 2.24) is 0 Å². The molecule has 1 aliphatic rings. The number of benzene rings is 3. The fourth-order valence-corrected chi connectivity index (χ4v) is 5.02. The summed E-state index contributed by atoms with van der Waals surface area (Å²) < 4.78 is 42.2. The molecule has 0 bridgehead atoms. The van der Waals surface area contributed by atoms with Gasteiger partial charge >= 0.3 is 6.36 Å². The number of hydrogen-bond acceptors (Lipinski definition) is 6. The highest BCUT2D eigenvalue weighted by Gasteiger charge is 2.38. The zero-order chi connectivity index (χ0) is 27.1. The van der Waals surface area contributed by atoms with Crippen molar-refractivity contribution in [2.24, 2.45) is 0 Å². The van der Waals surface area contributed by atoms with Crippen molar-refractivity contribution < 1.29 is 27.8 Å². The van der Waals surface area contributed by atoms with E-state index in [-0.39, 0.29) is 26.4 Å². The Labute approximate surface area is 222 Å². The molecule has 0 aliphatic carbocycles. The van der Waals surface area contributed by atoms with Crippen LogP contribution in [0.15, 0.2) is 54.6 Å². The number of alkyl halides is 3. The molecule has 0 amide bonds. The number of ether oxygens (including phenoxy) is 1. The predicted molar refractivity (Wildman–Crippen MR) is 132 cm³/mol. The maximum Gasteiger partial charge on any atom is 0.573 e. The molecular formula is C23H15Cl3F3N3O5. The third-order valence-corrected chi connectivity index (χ3v) is 6.86. The van der Waals surface area contributed by atoms with Crippen LogP contribution >= 0.6 is 34.8 Å². The van der Waals surface area contributed by atoms with Gasteiger partial charge in [-0.2, -0.15) is 0 Å². The van der Waals surface area contributed by atoms with E-state index >= 15 is 0 Å². The van der Waals surface area contributed by atoms with Gasteiger partial charge in [0.2, 0.25) is 0 Å². The first-order valence-corrected chi connectivity index (χ1v) is 11.7. The lowest BCUT2D eigenvalue weighted by Crippen LogP contribution is -2.26. The van der Waals surface area contributed by atoms with E-state index in [0.717, 1.165) is 6.07 Å². The number of anilines is 1. The van der Waals surface area contributed by atoms with Crippen molar-refractivity contribution in [2.75, 3.05) is 4.90 Å². The lowest BCUT2D eigenvalue weighted by Gasteiger charge is -2.33. The fourth-order valence-electron chi connectivity index (χ4n) is 4.44. The summed E-state index contributed by atoms with van der Waals surface area (Å²) in [7, 11) is 0. The SMILES string of the molecule is O=[N+]([O-])c1cc([C@H]2CC[C@H](c3ccc(Cl)c([N+](=O)[O-])c3)N2c2ccc(OC(F)(F)F)c(Cl)c2)ccc1Cl. The second-order valence-corrected chi connectivity index (χ2v) is 9.34. The molecule has 0 unspecified atom stereocenters. The molecule has 0 spiro atoms. The second kappa shape index (κ2) is 10.2. The summed E-state index contributed by atoms with van der Waals surface area (Å²) in [6.45, 7) is 0. The Kier molecular flexibility index (Phi) is 7.40. The molecule has 194 valence electrons. The van der Waals surface area contributed by atoms with Gasteiger partial charge in [0.05, 0.1) is 27.0 Å². The Morgan fingerprint density at radius 2 is 1.27 bits per heavy atom. The zero-order valence-corrected chi connectivity index (χ0v) is 20.7. The first kappa shape index (κ1) is 26.8. The standard InChI is InChI=1S/C23H15Cl3F3N3O5/c24-15-4-1-12(9-20(15)31(33)34)18-6-7-19(13-2-5-16(25)21(10-13)32(35)36)30(18)14-3-8-22(17(26)11-14)37-23(27,28)29/h1-5,8-11,18-19H,6-7H2/t18-,19-/m1/s1. The highest BCUT2D eigenvalue weighted by molar-refractivity contribution is 6.33. The van der Waals surface area contributed by atoms with Gasteiger partial charge in [-0.15, -0.1) is 13.2 Å². The van der Waals surface area contributed by atoms with Crippen molar-refractivity contribution in [3.63, 3.8) is 0 Å². The molecule has 1 fully saturated rings. The van der Waals surface area contributed by atoms with Crippen LogP contribution in [0.1, 0.15) is 36.1 Å². The molecule has 0 N–H and O–H groups in total. The summed E-state index contributed by atoms with van der Waals surface area (Å²) in [4.78, 5) is 23.5. The highest BCUT2D eigenvalue weighted by Crippen LogP contribution is 2.49. The van der Waals surface area contributed by atoms with Crippen LogP contribution in [0.25, 0.3) is 0 Å². The van der Waals surface area contributed by atoms with E-state index in [2.05, 4.69) is 4.74 Å². The smallest absolute Gasteiger partial charge is 0.404 e. The minimum Gasteiger partial charge on any atom is -0.404 e. The summed E-state index contributed by atoms with van der Waals surface area (Å²) in [6, 6.07) is 11.4. The molecule has 1 aliphatic heterocycles. The molecule has 8 nitrogen and oxygen atoms in total. The molecule has 0 aromatic heterocycles. The topological polar surface area (TPSA) is 98.8 Å². The first-order valence-electron chi connectivity index (χ1n) is 10.6. The quantitative estimate of drug-likeness (QED) is 0.216. The van der Waals surface area contributed by atoms with Gasteiger partial charge in [0, 0.05) is 17.8 Å². The van der Waals surface area contributed by atoms with E-state index in [1.54, 1.807) is 17.0 Å². The van der Waals surface area contributed by atoms with E-state index in [9.17, 15) is 33.4 Å². The third-order valence-electron chi connectivity index (χ3n) is 5.93. The Hall–Kier alpha value is -3.28. The Balaban J connectivity index is 1.83. The van der Waals surface area contributed by atoms with Crippen LogP contribution in [-0.4, -0.2) is 16.2 Å². The maximum absolute atomic E-state index is 12.7. The normalized spacial score (nSPS) is 17.6. The number of nitro groups is 2. The number of rotatable bonds is 6. The molecule has 1 heterocycles. The molecule has 37 heavy (non-hydrogen) atoms. The average molecular weight is 577 g/mol. The van der Waals surface area contributed by atoms with Crippen LogP contribution in [-0.2, 0) is 0 Å². The minimum atomic E-state index is -4.95. The van der Waals surface area contributed by atoms with Crippen molar-refractivity contribution >= 4 is 51.9 Å². The second-order valence-electron chi connectivity index (χ2n) is 8.11. The van der Waals surface area contributed by atoms with E-state index in [4.69, 9.17) is 34.8 Å².